The molecule has 0 spiro atoms. The number of nitrogen functional groups attached to an aromatic ring is 1. The van der Waals surface area contributed by atoms with E-state index < -0.39 is 6.10 Å². The molecular formula is C16H26N2O2. The van der Waals surface area contributed by atoms with Gasteiger partial charge < -0.3 is 15.8 Å². The van der Waals surface area contributed by atoms with Crippen LogP contribution in [0.3, 0.4) is 0 Å². The lowest BCUT2D eigenvalue weighted by molar-refractivity contribution is -0.126. The van der Waals surface area contributed by atoms with Crippen LogP contribution in [0.5, 0.6) is 0 Å². The molecule has 0 aliphatic carbocycles. The van der Waals surface area contributed by atoms with Gasteiger partial charge in [0.05, 0.1) is 0 Å². The van der Waals surface area contributed by atoms with Crippen LogP contribution in [-0.2, 0) is 9.53 Å². The lowest BCUT2D eigenvalue weighted by Crippen LogP contribution is -2.29. The fourth-order valence-electron chi connectivity index (χ4n) is 1.64. The lowest BCUT2D eigenvalue weighted by Gasteiger charge is -2.20. The first-order chi connectivity index (χ1) is 9.20. The predicted octanol–water partition coefficient (Wildman–Crippen LogP) is 3.36. The van der Waals surface area contributed by atoms with Crippen LogP contribution >= 0.6 is 0 Å². The molecule has 0 radical (unpaired) electrons. The normalized spacial score (nSPS) is 13.1. The van der Waals surface area contributed by atoms with Gasteiger partial charge in [-0.15, -0.1) is 0 Å². The van der Waals surface area contributed by atoms with Crippen molar-refractivity contribution in [2.24, 2.45) is 5.41 Å². The zero-order chi connectivity index (χ0) is 15.3. The van der Waals surface area contributed by atoms with E-state index in [4.69, 9.17) is 10.5 Å². The second kappa shape index (κ2) is 6.75. The standard InChI is InChI=1S/C16H26N2O2/c1-11-13(17)7-6-8-14(11)18-15(19)12(2)20-10-9-16(3,4)5/h6-8,12H,9-10,17H2,1-5H3,(H,18,19). The molecule has 0 fully saturated rings. The zero-order valence-corrected chi connectivity index (χ0v) is 13.1. The molecule has 0 saturated heterocycles. The summed E-state index contributed by atoms with van der Waals surface area (Å²) in [5.41, 5.74) is 8.31. The average molecular weight is 278 g/mol. The predicted molar refractivity (Wildman–Crippen MR) is 83.7 cm³/mol. The summed E-state index contributed by atoms with van der Waals surface area (Å²) >= 11 is 0. The summed E-state index contributed by atoms with van der Waals surface area (Å²) in [4.78, 5) is 12.1. The van der Waals surface area contributed by atoms with Gasteiger partial charge in [0.2, 0.25) is 0 Å². The molecule has 20 heavy (non-hydrogen) atoms. The maximum absolute atomic E-state index is 12.1. The Morgan fingerprint density at radius 1 is 1.40 bits per heavy atom. The van der Waals surface area contributed by atoms with E-state index in [1.807, 2.05) is 25.1 Å². The van der Waals surface area contributed by atoms with Gasteiger partial charge in [-0.25, -0.2) is 0 Å². The van der Waals surface area contributed by atoms with Crippen molar-refractivity contribution in [1.29, 1.82) is 0 Å². The highest BCUT2D eigenvalue weighted by Gasteiger charge is 2.16. The van der Waals surface area contributed by atoms with E-state index in [1.165, 1.54) is 0 Å². The van der Waals surface area contributed by atoms with E-state index in [2.05, 4.69) is 26.1 Å². The van der Waals surface area contributed by atoms with E-state index in [1.54, 1.807) is 6.92 Å². The van der Waals surface area contributed by atoms with Crippen LogP contribution in [0.25, 0.3) is 0 Å². The summed E-state index contributed by atoms with van der Waals surface area (Å²) in [5, 5.41) is 2.85. The van der Waals surface area contributed by atoms with Crippen LogP contribution in [0.15, 0.2) is 18.2 Å². The average Bonchev–Trinajstić information content (AvgIpc) is 2.33. The van der Waals surface area contributed by atoms with Crippen molar-refractivity contribution in [1.82, 2.24) is 0 Å². The van der Waals surface area contributed by atoms with Gasteiger partial charge in [-0.3, -0.25) is 4.79 Å². The van der Waals surface area contributed by atoms with E-state index in [-0.39, 0.29) is 11.3 Å². The molecule has 0 heterocycles. The Balaban J connectivity index is 2.52. The fraction of sp³-hybridized carbons (Fsp3) is 0.562. The summed E-state index contributed by atoms with van der Waals surface area (Å²) in [6.07, 6.45) is 0.445. The van der Waals surface area contributed by atoms with Crippen molar-refractivity contribution in [3.05, 3.63) is 23.8 Å². The summed E-state index contributed by atoms with van der Waals surface area (Å²) < 4.78 is 5.58. The first-order valence-electron chi connectivity index (χ1n) is 6.98. The van der Waals surface area contributed by atoms with Gasteiger partial charge in [-0.2, -0.15) is 0 Å². The minimum atomic E-state index is -0.474. The van der Waals surface area contributed by atoms with Gasteiger partial charge in [0.25, 0.3) is 5.91 Å². The van der Waals surface area contributed by atoms with Gasteiger partial charge >= 0.3 is 0 Å². The minimum absolute atomic E-state index is 0.146. The van der Waals surface area contributed by atoms with E-state index in [9.17, 15) is 4.79 Å². The molecule has 0 aromatic heterocycles. The van der Waals surface area contributed by atoms with Gasteiger partial charge in [0, 0.05) is 18.0 Å². The Morgan fingerprint density at radius 3 is 2.65 bits per heavy atom. The molecule has 1 rings (SSSR count). The van der Waals surface area contributed by atoms with E-state index in [0.29, 0.717) is 12.3 Å². The Kier molecular flexibility index (Phi) is 5.57. The third-order valence-corrected chi connectivity index (χ3v) is 3.22. The molecule has 1 atom stereocenters. The topological polar surface area (TPSA) is 64.3 Å². The number of benzene rings is 1. The second-order valence-corrected chi connectivity index (χ2v) is 6.33. The molecular weight excluding hydrogens is 252 g/mol. The number of nitrogens with one attached hydrogen (secondary N) is 1. The third-order valence-electron chi connectivity index (χ3n) is 3.22. The Hall–Kier alpha value is -1.55. The van der Waals surface area contributed by atoms with E-state index in [0.717, 1.165) is 17.7 Å². The van der Waals surface area contributed by atoms with Crippen LogP contribution in [0.4, 0.5) is 11.4 Å². The number of hydrogen-bond acceptors (Lipinski definition) is 3. The highest BCUT2D eigenvalue weighted by molar-refractivity contribution is 5.95. The Labute approximate surface area is 121 Å². The summed E-state index contributed by atoms with van der Waals surface area (Å²) in [6, 6.07) is 5.47. The number of hydrogen-bond donors (Lipinski definition) is 2. The van der Waals surface area contributed by atoms with Crippen LogP contribution in [0, 0.1) is 12.3 Å². The van der Waals surface area contributed by atoms with Gasteiger partial charge in [-0.05, 0) is 43.4 Å². The highest BCUT2D eigenvalue weighted by Crippen LogP contribution is 2.21. The van der Waals surface area contributed by atoms with Crippen molar-refractivity contribution in [3.8, 4) is 0 Å². The molecule has 1 unspecified atom stereocenters. The zero-order valence-electron chi connectivity index (χ0n) is 13.1. The van der Waals surface area contributed by atoms with Crippen LogP contribution < -0.4 is 11.1 Å². The Bertz CT molecular complexity index is 464. The van der Waals surface area contributed by atoms with Gasteiger partial charge in [-0.1, -0.05) is 26.8 Å². The molecule has 0 bridgehead atoms. The molecule has 0 aliphatic heterocycles. The molecule has 4 heteroatoms. The Morgan fingerprint density at radius 2 is 2.05 bits per heavy atom. The first-order valence-corrected chi connectivity index (χ1v) is 6.98. The fourth-order valence-corrected chi connectivity index (χ4v) is 1.64. The smallest absolute Gasteiger partial charge is 0.253 e. The number of carbonyl (C=O) groups excluding carboxylic acids is 1. The quantitative estimate of drug-likeness (QED) is 0.812. The molecule has 4 nitrogen and oxygen atoms in total. The SMILES string of the molecule is Cc1c(N)cccc1NC(=O)C(C)OCCC(C)(C)C. The number of ether oxygens (including phenoxy) is 1. The summed E-state index contributed by atoms with van der Waals surface area (Å²) in [5.74, 6) is -0.146. The maximum atomic E-state index is 12.1. The minimum Gasteiger partial charge on any atom is -0.398 e. The highest BCUT2D eigenvalue weighted by atomic mass is 16.5. The van der Waals surface area contributed by atoms with Crippen LogP contribution in [-0.4, -0.2) is 18.6 Å². The summed E-state index contributed by atoms with van der Waals surface area (Å²) in [7, 11) is 0. The second-order valence-electron chi connectivity index (χ2n) is 6.33. The molecule has 0 saturated carbocycles. The lowest BCUT2D eigenvalue weighted by atomic mass is 9.93. The van der Waals surface area contributed by atoms with Crippen LogP contribution in [0.2, 0.25) is 0 Å². The van der Waals surface area contributed by atoms with Crippen molar-refractivity contribution in [2.45, 2.75) is 47.1 Å². The largest absolute Gasteiger partial charge is 0.398 e. The van der Waals surface area contributed by atoms with Crippen molar-refractivity contribution >= 4 is 17.3 Å². The van der Waals surface area contributed by atoms with Crippen LogP contribution in [0.1, 0.15) is 39.7 Å². The number of nitrogens with two attached hydrogens (primary N) is 1. The number of anilines is 2. The maximum Gasteiger partial charge on any atom is 0.253 e. The number of amides is 1. The summed E-state index contributed by atoms with van der Waals surface area (Å²) in [6.45, 7) is 10.7. The van der Waals surface area contributed by atoms with Crippen molar-refractivity contribution < 1.29 is 9.53 Å². The molecule has 3 N–H and O–H groups in total. The molecule has 0 aliphatic rings. The van der Waals surface area contributed by atoms with Crippen molar-refractivity contribution in [2.75, 3.05) is 17.7 Å². The number of rotatable bonds is 5. The molecule has 1 amide bonds. The third kappa shape index (κ3) is 5.21. The monoisotopic (exact) mass is 278 g/mol. The first kappa shape index (κ1) is 16.5. The van der Waals surface area contributed by atoms with Gasteiger partial charge in [0.15, 0.2) is 0 Å². The molecule has 1 aromatic carbocycles. The molecule has 112 valence electrons. The number of carbonyl (C=O) groups is 1. The van der Waals surface area contributed by atoms with Gasteiger partial charge in [0.1, 0.15) is 6.10 Å². The molecule has 1 aromatic rings. The van der Waals surface area contributed by atoms with E-state index >= 15 is 0 Å². The van der Waals surface area contributed by atoms with Crippen molar-refractivity contribution in [3.63, 3.8) is 0 Å².